The molecule has 0 aliphatic rings. The van der Waals surface area contributed by atoms with Crippen molar-refractivity contribution in [2.75, 3.05) is 13.2 Å². The quantitative estimate of drug-likeness (QED) is 0.838. The lowest BCUT2D eigenvalue weighted by atomic mass is 10.0. The molecule has 0 radical (unpaired) electrons. The molecule has 0 spiro atoms. The van der Waals surface area contributed by atoms with E-state index in [-0.39, 0.29) is 6.04 Å². The summed E-state index contributed by atoms with van der Waals surface area (Å²) < 4.78 is 5.61. The predicted molar refractivity (Wildman–Crippen MR) is 79.9 cm³/mol. The predicted octanol–water partition coefficient (Wildman–Crippen LogP) is 3.63. The van der Waals surface area contributed by atoms with Crippen LogP contribution >= 0.6 is 11.3 Å². The fourth-order valence-corrected chi connectivity index (χ4v) is 2.52. The van der Waals surface area contributed by atoms with E-state index in [0.29, 0.717) is 0 Å². The van der Waals surface area contributed by atoms with Gasteiger partial charge >= 0.3 is 0 Å². The molecule has 1 N–H and O–H groups in total. The standard InChI is InChI=1S/C15H20N2OS/c1-3-9-18-13-7-5-12(6-8-13)15(16-4-2)14-10-19-11-17-14/h5-8,10-11,15-16H,3-4,9H2,1-2H3. The zero-order valence-electron chi connectivity index (χ0n) is 11.4. The number of nitrogens with one attached hydrogen (secondary N) is 1. The van der Waals surface area contributed by atoms with Crippen LogP contribution in [-0.4, -0.2) is 18.1 Å². The van der Waals surface area contributed by atoms with Crippen molar-refractivity contribution in [3.8, 4) is 5.75 Å². The Morgan fingerprint density at radius 1 is 1.26 bits per heavy atom. The van der Waals surface area contributed by atoms with E-state index < -0.39 is 0 Å². The summed E-state index contributed by atoms with van der Waals surface area (Å²) in [5.74, 6) is 0.930. The maximum atomic E-state index is 5.61. The van der Waals surface area contributed by atoms with E-state index in [9.17, 15) is 0 Å². The number of benzene rings is 1. The first-order valence-electron chi connectivity index (χ1n) is 6.69. The second-order valence-electron chi connectivity index (χ2n) is 4.32. The molecule has 1 aromatic heterocycles. The molecule has 0 fully saturated rings. The smallest absolute Gasteiger partial charge is 0.119 e. The average molecular weight is 276 g/mol. The Balaban J connectivity index is 2.13. The number of hydrogen-bond acceptors (Lipinski definition) is 4. The number of ether oxygens (including phenoxy) is 1. The minimum atomic E-state index is 0.163. The number of rotatable bonds is 7. The van der Waals surface area contributed by atoms with E-state index in [2.05, 4.69) is 41.7 Å². The van der Waals surface area contributed by atoms with Crippen molar-refractivity contribution in [2.24, 2.45) is 0 Å². The first-order valence-corrected chi connectivity index (χ1v) is 7.63. The second-order valence-corrected chi connectivity index (χ2v) is 5.04. The van der Waals surface area contributed by atoms with E-state index >= 15 is 0 Å². The molecule has 0 bridgehead atoms. The first kappa shape index (κ1) is 14.0. The minimum Gasteiger partial charge on any atom is -0.494 e. The van der Waals surface area contributed by atoms with Crippen LogP contribution in [0.15, 0.2) is 35.2 Å². The van der Waals surface area contributed by atoms with Gasteiger partial charge in [-0.15, -0.1) is 11.3 Å². The lowest BCUT2D eigenvalue weighted by molar-refractivity contribution is 0.317. The number of hydrogen-bond donors (Lipinski definition) is 1. The van der Waals surface area contributed by atoms with Gasteiger partial charge in [-0.2, -0.15) is 0 Å². The number of thiazole rings is 1. The van der Waals surface area contributed by atoms with E-state index in [1.807, 2.05) is 17.6 Å². The van der Waals surface area contributed by atoms with Gasteiger partial charge in [0.05, 0.1) is 23.9 Å². The van der Waals surface area contributed by atoms with Crippen molar-refractivity contribution < 1.29 is 4.74 Å². The third-order valence-corrected chi connectivity index (χ3v) is 3.45. The average Bonchev–Trinajstić information content (AvgIpc) is 2.97. The van der Waals surface area contributed by atoms with E-state index in [0.717, 1.165) is 31.0 Å². The third kappa shape index (κ3) is 3.78. The van der Waals surface area contributed by atoms with Crippen LogP contribution < -0.4 is 10.1 Å². The second kappa shape index (κ2) is 7.26. The molecule has 1 heterocycles. The van der Waals surface area contributed by atoms with Gasteiger partial charge in [0.2, 0.25) is 0 Å². The van der Waals surface area contributed by atoms with Crippen LogP contribution in [0.25, 0.3) is 0 Å². The Bertz CT molecular complexity index is 467. The largest absolute Gasteiger partial charge is 0.494 e. The van der Waals surface area contributed by atoms with Crippen LogP contribution in [0.3, 0.4) is 0 Å². The fraction of sp³-hybridized carbons (Fsp3) is 0.400. The van der Waals surface area contributed by atoms with Crippen LogP contribution in [0.1, 0.15) is 37.6 Å². The lowest BCUT2D eigenvalue weighted by Crippen LogP contribution is -2.22. The molecule has 1 unspecified atom stereocenters. The number of aromatic nitrogens is 1. The molecule has 19 heavy (non-hydrogen) atoms. The van der Waals surface area contributed by atoms with Crippen LogP contribution in [0, 0.1) is 0 Å². The molecule has 2 rings (SSSR count). The van der Waals surface area contributed by atoms with Crippen molar-refractivity contribution >= 4 is 11.3 Å². The van der Waals surface area contributed by atoms with Gasteiger partial charge in [0.15, 0.2) is 0 Å². The van der Waals surface area contributed by atoms with Crippen LogP contribution in [0.4, 0.5) is 0 Å². The van der Waals surface area contributed by atoms with Gasteiger partial charge < -0.3 is 10.1 Å². The van der Waals surface area contributed by atoms with Crippen molar-refractivity contribution in [2.45, 2.75) is 26.3 Å². The normalized spacial score (nSPS) is 12.3. The summed E-state index contributed by atoms with van der Waals surface area (Å²) in [6, 6.07) is 8.44. The summed E-state index contributed by atoms with van der Waals surface area (Å²) in [7, 11) is 0. The highest BCUT2D eigenvalue weighted by Crippen LogP contribution is 2.24. The van der Waals surface area contributed by atoms with Crippen LogP contribution in [0.2, 0.25) is 0 Å². The highest BCUT2D eigenvalue weighted by atomic mass is 32.1. The summed E-state index contributed by atoms with van der Waals surface area (Å²) in [5.41, 5.74) is 4.17. The Morgan fingerprint density at radius 2 is 2.05 bits per heavy atom. The molecule has 0 amide bonds. The molecule has 0 saturated heterocycles. The maximum absolute atomic E-state index is 5.61. The molecule has 0 aliphatic heterocycles. The molecule has 4 heteroatoms. The maximum Gasteiger partial charge on any atom is 0.119 e. The Kier molecular flexibility index (Phi) is 5.36. The molecular formula is C15H20N2OS. The van der Waals surface area contributed by atoms with Crippen molar-refractivity contribution in [1.82, 2.24) is 10.3 Å². The van der Waals surface area contributed by atoms with Gasteiger partial charge in [-0.25, -0.2) is 4.98 Å². The van der Waals surface area contributed by atoms with Crippen molar-refractivity contribution in [3.63, 3.8) is 0 Å². The van der Waals surface area contributed by atoms with Gasteiger partial charge in [0.25, 0.3) is 0 Å². The Labute approximate surface area is 118 Å². The minimum absolute atomic E-state index is 0.163. The zero-order chi connectivity index (χ0) is 13.5. The topological polar surface area (TPSA) is 34.1 Å². The van der Waals surface area contributed by atoms with Gasteiger partial charge in [-0.05, 0) is 30.7 Å². The molecule has 2 aromatic rings. The molecule has 102 valence electrons. The molecule has 1 atom stereocenters. The molecular weight excluding hydrogens is 256 g/mol. The number of nitrogens with zero attached hydrogens (tertiary/aromatic N) is 1. The zero-order valence-corrected chi connectivity index (χ0v) is 12.2. The third-order valence-electron chi connectivity index (χ3n) is 2.84. The summed E-state index contributed by atoms with van der Waals surface area (Å²) >= 11 is 1.63. The van der Waals surface area contributed by atoms with Crippen molar-refractivity contribution in [1.29, 1.82) is 0 Å². The lowest BCUT2D eigenvalue weighted by Gasteiger charge is -2.16. The van der Waals surface area contributed by atoms with E-state index in [1.54, 1.807) is 11.3 Å². The first-order chi connectivity index (χ1) is 9.35. The van der Waals surface area contributed by atoms with Gasteiger partial charge in [-0.3, -0.25) is 0 Å². The van der Waals surface area contributed by atoms with Crippen LogP contribution in [0.5, 0.6) is 5.75 Å². The summed E-state index contributed by atoms with van der Waals surface area (Å²) in [6.07, 6.45) is 1.03. The SMILES string of the molecule is CCCOc1ccc(C(NCC)c2cscn2)cc1. The van der Waals surface area contributed by atoms with Gasteiger partial charge in [0, 0.05) is 5.38 Å². The summed E-state index contributed by atoms with van der Waals surface area (Å²) in [5, 5.41) is 5.56. The molecule has 1 aromatic carbocycles. The molecule has 0 saturated carbocycles. The summed E-state index contributed by atoms with van der Waals surface area (Å²) in [6.45, 7) is 5.90. The Hall–Kier alpha value is -1.39. The van der Waals surface area contributed by atoms with E-state index in [1.165, 1.54) is 5.56 Å². The molecule has 3 nitrogen and oxygen atoms in total. The Morgan fingerprint density at radius 3 is 2.63 bits per heavy atom. The highest BCUT2D eigenvalue weighted by molar-refractivity contribution is 7.07. The molecule has 0 aliphatic carbocycles. The highest BCUT2D eigenvalue weighted by Gasteiger charge is 2.14. The van der Waals surface area contributed by atoms with Gasteiger partial charge in [-0.1, -0.05) is 26.0 Å². The van der Waals surface area contributed by atoms with Crippen molar-refractivity contribution in [3.05, 3.63) is 46.4 Å². The van der Waals surface area contributed by atoms with Crippen LogP contribution in [-0.2, 0) is 0 Å². The van der Waals surface area contributed by atoms with Gasteiger partial charge in [0.1, 0.15) is 5.75 Å². The fourth-order valence-electron chi connectivity index (χ4n) is 1.94. The monoisotopic (exact) mass is 276 g/mol. The van der Waals surface area contributed by atoms with E-state index in [4.69, 9.17) is 4.74 Å². The summed E-state index contributed by atoms with van der Waals surface area (Å²) in [4.78, 5) is 4.41.